The summed E-state index contributed by atoms with van der Waals surface area (Å²) < 4.78 is 0. The topological polar surface area (TPSA) is 49.4 Å². The smallest absolute Gasteiger partial charge is 0.225 e. The lowest BCUT2D eigenvalue weighted by molar-refractivity contribution is -0.139. The Kier molecular flexibility index (Phi) is 3.50. The van der Waals surface area contributed by atoms with E-state index >= 15 is 0 Å². The number of nitrogens with one attached hydrogen (secondary N) is 1. The molecule has 0 bridgehead atoms. The van der Waals surface area contributed by atoms with Crippen LogP contribution in [0.2, 0.25) is 0 Å². The van der Waals surface area contributed by atoms with Crippen molar-refractivity contribution < 1.29 is 9.59 Å². The zero-order valence-corrected chi connectivity index (χ0v) is 11.7. The summed E-state index contributed by atoms with van der Waals surface area (Å²) in [5, 5.41) is 2.88. The monoisotopic (exact) mass is 264 g/mol. The molecule has 2 saturated carbocycles. The third-order valence-electron chi connectivity index (χ3n) is 5.12. The Morgan fingerprint density at radius 1 is 1.05 bits per heavy atom. The molecule has 0 aromatic rings. The number of amides is 2. The van der Waals surface area contributed by atoms with Gasteiger partial charge in [-0.2, -0.15) is 0 Å². The van der Waals surface area contributed by atoms with Gasteiger partial charge in [0.05, 0.1) is 0 Å². The van der Waals surface area contributed by atoms with Gasteiger partial charge in [0.1, 0.15) is 0 Å². The third-order valence-corrected chi connectivity index (χ3v) is 5.12. The number of carbonyl (C=O) groups excluding carboxylic acids is 2. The molecule has 4 nitrogen and oxygen atoms in total. The van der Waals surface area contributed by atoms with E-state index in [9.17, 15) is 9.59 Å². The summed E-state index contributed by atoms with van der Waals surface area (Å²) >= 11 is 0. The maximum Gasteiger partial charge on any atom is 0.225 e. The van der Waals surface area contributed by atoms with Crippen LogP contribution in [0.4, 0.5) is 0 Å². The molecule has 3 fully saturated rings. The Morgan fingerprint density at radius 3 is 2.26 bits per heavy atom. The number of piperidine rings is 1. The minimum atomic E-state index is 0.112. The molecule has 2 aliphatic carbocycles. The van der Waals surface area contributed by atoms with E-state index in [2.05, 4.69) is 5.32 Å². The maximum atomic E-state index is 12.4. The number of rotatable bonds is 3. The first-order valence-corrected chi connectivity index (χ1v) is 7.75. The third kappa shape index (κ3) is 2.63. The second kappa shape index (κ2) is 5.14. The Morgan fingerprint density at radius 2 is 1.68 bits per heavy atom. The van der Waals surface area contributed by atoms with Crippen LogP contribution in [-0.4, -0.2) is 36.3 Å². The molecule has 1 N–H and O–H groups in total. The zero-order valence-electron chi connectivity index (χ0n) is 11.7. The van der Waals surface area contributed by atoms with Crippen LogP contribution in [0.3, 0.4) is 0 Å². The highest BCUT2D eigenvalue weighted by Crippen LogP contribution is 2.54. The average molecular weight is 264 g/mol. The molecule has 0 aromatic carbocycles. The average Bonchev–Trinajstić information content (AvgIpc) is 3.05. The van der Waals surface area contributed by atoms with Crippen molar-refractivity contribution in [3.63, 3.8) is 0 Å². The molecule has 0 radical (unpaired) electrons. The van der Waals surface area contributed by atoms with Crippen molar-refractivity contribution in [2.45, 2.75) is 39.0 Å². The van der Waals surface area contributed by atoms with Crippen molar-refractivity contribution in [2.75, 3.05) is 19.6 Å². The molecule has 3 aliphatic rings. The minimum absolute atomic E-state index is 0.112. The van der Waals surface area contributed by atoms with Gasteiger partial charge in [0, 0.05) is 31.5 Å². The van der Waals surface area contributed by atoms with E-state index in [1.165, 1.54) is 6.42 Å². The van der Waals surface area contributed by atoms with E-state index in [0.29, 0.717) is 18.4 Å². The van der Waals surface area contributed by atoms with Crippen molar-refractivity contribution in [1.82, 2.24) is 10.2 Å². The fraction of sp³-hybridized carbons (Fsp3) is 0.867. The van der Waals surface area contributed by atoms with Gasteiger partial charge in [0.25, 0.3) is 0 Å². The molecular formula is C15H24N2O2. The molecule has 4 heteroatoms. The molecule has 1 aliphatic heterocycles. The maximum absolute atomic E-state index is 12.4. The van der Waals surface area contributed by atoms with Crippen LogP contribution in [0.1, 0.15) is 39.0 Å². The molecule has 0 aromatic heterocycles. The van der Waals surface area contributed by atoms with Gasteiger partial charge >= 0.3 is 0 Å². The number of hydrogen-bond acceptors (Lipinski definition) is 2. The van der Waals surface area contributed by atoms with Crippen LogP contribution in [-0.2, 0) is 9.59 Å². The molecule has 3 rings (SSSR count). The van der Waals surface area contributed by atoms with E-state index in [1.807, 2.05) is 11.8 Å². The number of hydrogen-bond donors (Lipinski definition) is 1. The van der Waals surface area contributed by atoms with Gasteiger partial charge in [-0.05, 0) is 50.9 Å². The molecule has 19 heavy (non-hydrogen) atoms. The van der Waals surface area contributed by atoms with E-state index < -0.39 is 0 Å². The van der Waals surface area contributed by atoms with Crippen LogP contribution in [0.5, 0.6) is 0 Å². The van der Waals surface area contributed by atoms with Gasteiger partial charge in [-0.1, -0.05) is 0 Å². The van der Waals surface area contributed by atoms with E-state index in [1.54, 1.807) is 0 Å². The highest BCUT2D eigenvalue weighted by atomic mass is 16.2. The second-order valence-electron chi connectivity index (χ2n) is 6.42. The van der Waals surface area contributed by atoms with Crippen molar-refractivity contribution in [3.8, 4) is 0 Å². The SMILES string of the molecule is CCNC(=O)C1CCN(C(=O)C2CC3CC3C2)CC1. The summed E-state index contributed by atoms with van der Waals surface area (Å²) in [4.78, 5) is 26.2. The van der Waals surface area contributed by atoms with Crippen LogP contribution in [0, 0.1) is 23.7 Å². The lowest BCUT2D eigenvalue weighted by Crippen LogP contribution is -2.44. The predicted octanol–water partition coefficient (Wildman–Crippen LogP) is 1.41. The van der Waals surface area contributed by atoms with Crippen molar-refractivity contribution in [3.05, 3.63) is 0 Å². The van der Waals surface area contributed by atoms with Crippen molar-refractivity contribution in [2.24, 2.45) is 23.7 Å². The van der Waals surface area contributed by atoms with Crippen LogP contribution in [0.15, 0.2) is 0 Å². The van der Waals surface area contributed by atoms with Gasteiger partial charge in [0.15, 0.2) is 0 Å². The molecule has 1 heterocycles. The Balaban J connectivity index is 1.47. The summed E-state index contributed by atoms with van der Waals surface area (Å²) in [6, 6.07) is 0. The van der Waals surface area contributed by atoms with Crippen LogP contribution >= 0.6 is 0 Å². The van der Waals surface area contributed by atoms with E-state index in [-0.39, 0.29) is 11.8 Å². The predicted molar refractivity (Wildman–Crippen MR) is 72.3 cm³/mol. The number of carbonyl (C=O) groups is 2. The van der Waals surface area contributed by atoms with Crippen molar-refractivity contribution >= 4 is 11.8 Å². The first kappa shape index (κ1) is 12.9. The Bertz CT molecular complexity index is 364. The standard InChI is InChI=1S/C15H24N2O2/c1-2-16-14(18)10-3-5-17(6-4-10)15(19)13-8-11-7-12(11)9-13/h10-13H,2-9H2,1H3,(H,16,18). The lowest BCUT2D eigenvalue weighted by atomic mass is 9.94. The van der Waals surface area contributed by atoms with Crippen molar-refractivity contribution in [1.29, 1.82) is 0 Å². The van der Waals surface area contributed by atoms with Gasteiger partial charge in [-0.3, -0.25) is 9.59 Å². The lowest BCUT2D eigenvalue weighted by Gasteiger charge is -2.33. The highest BCUT2D eigenvalue weighted by Gasteiger charge is 2.49. The number of nitrogens with zero attached hydrogens (tertiary/aromatic N) is 1. The number of fused-ring (bicyclic) bond motifs is 1. The number of likely N-dealkylation sites (tertiary alicyclic amines) is 1. The normalized spacial score (nSPS) is 33.9. The van der Waals surface area contributed by atoms with Gasteiger partial charge in [-0.15, -0.1) is 0 Å². The summed E-state index contributed by atoms with van der Waals surface area (Å²) in [6.07, 6.45) is 5.27. The van der Waals surface area contributed by atoms with E-state index in [0.717, 1.165) is 50.6 Å². The molecule has 2 atom stereocenters. The Labute approximate surface area is 114 Å². The summed E-state index contributed by atoms with van der Waals surface area (Å²) in [6.45, 7) is 4.18. The fourth-order valence-electron chi connectivity index (χ4n) is 3.86. The van der Waals surface area contributed by atoms with Crippen LogP contribution in [0.25, 0.3) is 0 Å². The Hall–Kier alpha value is -1.06. The van der Waals surface area contributed by atoms with Crippen LogP contribution < -0.4 is 5.32 Å². The van der Waals surface area contributed by atoms with Gasteiger partial charge < -0.3 is 10.2 Å². The molecule has 2 unspecified atom stereocenters. The molecule has 2 amide bonds. The molecule has 0 spiro atoms. The fourth-order valence-corrected chi connectivity index (χ4v) is 3.86. The molecular weight excluding hydrogens is 240 g/mol. The summed E-state index contributed by atoms with van der Waals surface area (Å²) in [5.74, 6) is 2.66. The largest absolute Gasteiger partial charge is 0.356 e. The quantitative estimate of drug-likeness (QED) is 0.838. The zero-order chi connectivity index (χ0) is 13.4. The summed E-state index contributed by atoms with van der Waals surface area (Å²) in [7, 11) is 0. The highest BCUT2D eigenvalue weighted by molar-refractivity contribution is 5.81. The van der Waals surface area contributed by atoms with Gasteiger partial charge in [0.2, 0.25) is 11.8 Å². The van der Waals surface area contributed by atoms with Gasteiger partial charge in [-0.25, -0.2) is 0 Å². The molecule has 1 saturated heterocycles. The first-order valence-electron chi connectivity index (χ1n) is 7.75. The van der Waals surface area contributed by atoms with E-state index in [4.69, 9.17) is 0 Å². The first-order chi connectivity index (χ1) is 9.19. The second-order valence-corrected chi connectivity index (χ2v) is 6.42. The molecule has 106 valence electrons. The minimum Gasteiger partial charge on any atom is -0.356 e. The summed E-state index contributed by atoms with van der Waals surface area (Å²) in [5.41, 5.74) is 0.